The van der Waals surface area contributed by atoms with Crippen LogP contribution in [0.4, 0.5) is 0 Å². The molecule has 2 atom stereocenters. The van der Waals surface area contributed by atoms with Gasteiger partial charge in [-0.25, -0.2) is 0 Å². The molecular weight excluding hydrogens is 428 g/mol. The van der Waals surface area contributed by atoms with Crippen LogP contribution in [0.15, 0.2) is 35.3 Å². The summed E-state index contributed by atoms with van der Waals surface area (Å²) in [4.78, 5) is 10.4. The summed E-state index contributed by atoms with van der Waals surface area (Å²) in [6.07, 6.45) is 15.0. The molecule has 0 saturated carbocycles. The molecule has 0 amide bonds. The molecule has 0 bridgehead atoms. The van der Waals surface area contributed by atoms with Crippen molar-refractivity contribution in [2.45, 2.75) is 117 Å². The molecule has 0 fully saturated rings. The van der Waals surface area contributed by atoms with E-state index < -0.39 is 0 Å². The highest BCUT2D eigenvalue weighted by atomic mass is 15.3. The van der Waals surface area contributed by atoms with E-state index in [4.69, 9.17) is 4.99 Å². The minimum Gasteiger partial charge on any atom is -0.356 e. The van der Waals surface area contributed by atoms with Gasteiger partial charge in [0.2, 0.25) is 5.84 Å². The Kier molecular flexibility index (Phi) is 12.1. The molecule has 1 aromatic rings. The highest BCUT2D eigenvalue weighted by Gasteiger charge is 2.38. The Morgan fingerprint density at radius 3 is 2.20 bits per heavy atom. The number of aliphatic imine (C=N–C) groups is 1. The lowest BCUT2D eigenvalue weighted by Crippen LogP contribution is -2.38. The van der Waals surface area contributed by atoms with E-state index in [9.17, 15) is 0 Å². The van der Waals surface area contributed by atoms with Gasteiger partial charge in [0.05, 0.1) is 25.5 Å². The molecule has 0 saturated heterocycles. The quantitative estimate of drug-likeness (QED) is 0.181. The van der Waals surface area contributed by atoms with Crippen LogP contribution in [0.3, 0.4) is 0 Å². The van der Waals surface area contributed by atoms with E-state index in [1.165, 1.54) is 108 Å². The number of nitrogens with zero attached hydrogens (tertiary/aromatic N) is 4. The molecule has 35 heavy (non-hydrogen) atoms. The highest BCUT2D eigenvalue weighted by molar-refractivity contribution is 5.84. The summed E-state index contributed by atoms with van der Waals surface area (Å²) in [6, 6.07) is 12.4. The van der Waals surface area contributed by atoms with Crippen LogP contribution < -0.4 is 0 Å². The highest BCUT2D eigenvalue weighted by Crippen LogP contribution is 2.22. The number of benzene rings is 1. The fourth-order valence-electron chi connectivity index (χ4n) is 5.92. The lowest BCUT2D eigenvalue weighted by molar-refractivity contribution is -0.523. The maximum atomic E-state index is 4.94. The zero-order valence-corrected chi connectivity index (χ0v) is 23.4. The third-order valence-corrected chi connectivity index (χ3v) is 7.81. The van der Waals surface area contributed by atoms with Crippen molar-refractivity contribution in [3.05, 3.63) is 35.9 Å². The minimum absolute atomic E-state index is 0.620. The third-order valence-electron chi connectivity index (χ3n) is 7.81. The Bertz CT molecular complexity index is 784. The number of hydrogen-bond acceptors (Lipinski definition) is 3. The summed E-state index contributed by atoms with van der Waals surface area (Å²) < 4.78 is 2.76. The van der Waals surface area contributed by atoms with Crippen molar-refractivity contribution in [2.75, 3.05) is 32.7 Å². The first-order chi connectivity index (χ1) is 17.2. The summed E-state index contributed by atoms with van der Waals surface area (Å²) in [7, 11) is 0. The second-order valence-electron chi connectivity index (χ2n) is 10.7. The molecule has 2 aliphatic heterocycles. The molecule has 2 unspecified atom stereocenters. The minimum atomic E-state index is 0.620. The molecule has 0 aromatic heterocycles. The maximum Gasteiger partial charge on any atom is 0.247 e. The van der Waals surface area contributed by atoms with Crippen LogP contribution in [0.25, 0.3) is 0 Å². The van der Waals surface area contributed by atoms with Crippen molar-refractivity contribution in [3.8, 4) is 0 Å². The van der Waals surface area contributed by atoms with Crippen LogP contribution >= 0.6 is 0 Å². The Labute approximate surface area is 216 Å². The van der Waals surface area contributed by atoms with Crippen LogP contribution in [-0.2, 0) is 6.42 Å². The molecule has 0 aliphatic carbocycles. The van der Waals surface area contributed by atoms with Crippen LogP contribution in [-0.4, -0.2) is 70.9 Å². The van der Waals surface area contributed by atoms with Crippen molar-refractivity contribution in [2.24, 2.45) is 4.99 Å². The second kappa shape index (κ2) is 15.3. The number of hydrogen-bond donors (Lipinski definition) is 0. The van der Waals surface area contributed by atoms with Gasteiger partial charge in [0.25, 0.3) is 0 Å². The van der Waals surface area contributed by atoms with E-state index in [-0.39, 0.29) is 0 Å². The normalized spacial score (nSPS) is 20.3. The third kappa shape index (κ3) is 8.08. The Morgan fingerprint density at radius 2 is 1.51 bits per heavy atom. The van der Waals surface area contributed by atoms with Crippen molar-refractivity contribution in [1.29, 1.82) is 0 Å². The number of rotatable bonds is 17. The van der Waals surface area contributed by atoms with Crippen LogP contribution in [0.1, 0.15) is 104 Å². The zero-order chi connectivity index (χ0) is 24.9. The fraction of sp³-hybridized carbons (Fsp3) is 0.742. The Balaban J connectivity index is 1.57. The average Bonchev–Trinajstić information content (AvgIpc) is 3.40. The van der Waals surface area contributed by atoms with Gasteiger partial charge in [0.1, 0.15) is 12.6 Å². The van der Waals surface area contributed by atoms with Gasteiger partial charge >= 0.3 is 0 Å². The maximum absolute atomic E-state index is 4.94. The first-order valence-corrected chi connectivity index (χ1v) is 14.9. The monoisotopic (exact) mass is 481 g/mol. The molecule has 0 radical (unpaired) electrons. The molecule has 196 valence electrons. The zero-order valence-electron chi connectivity index (χ0n) is 23.4. The van der Waals surface area contributed by atoms with Gasteiger partial charge in [-0.05, 0) is 50.5 Å². The Morgan fingerprint density at radius 1 is 0.800 bits per heavy atom. The van der Waals surface area contributed by atoms with Crippen LogP contribution in [0.5, 0.6) is 0 Å². The van der Waals surface area contributed by atoms with Gasteiger partial charge in [-0.2, -0.15) is 0 Å². The summed E-state index contributed by atoms with van der Waals surface area (Å²) in [6.45, 7) is 15.1. The number of amidine groups is 2. The summed E-state index contributed by atoms with van der Waals surface area (Å²) in [5.74, 6) is 3.01. The predicted molar refractivity (Wildman–Crippen MR) is 152 cm³/mol. The van der Waals surface area contributed by atoms with Gasteiger partial charge in [-0.1, -0.05) is 70.9 Å². The van der Waals surface area contributed by atoms with Crippen molar-refractivity contribution in [1.82, 2.24) is 9.80 Å². The molecule has 4 heteroatoms. The van der Waals surface area contributed by atoms with Crippen molar-refractivity contribution in [3.63, 3.8) is 0 Å². The van der Waals surface area contributed by atoms with Crippen molar-refractivity contribution < 1.29 is 4.58 Å². The molecule has 0 spiro atoms. The summed E-state index contributed by atoms with van der Waals surface area (Å²) >= 11 is 0. The lowest BCUT2D eigenvalue weighted by atomic mass is 10.0. The van der Waals surface area contributed by atoms with E-state index in [1.807, 2.05) is 0 Å². The van der Waals surface area contributed by atoms with E-state index in [2.05, 4.69) is 72.4 Å². The largest absolute Gasteiger partial charge is 0.356 e. The second-order valence-corrected chi connectivity index (χ2v) is 10.7. The van der Waals surface area contributed by atoms with Gasteiger partial charge in [-0.3, -0.25) is 14.5 Å². The van der Waals surface area contributed by atoms with E-state index >= 15 is 0 Å². The summed E-state index contributed by atoms with van der Waals surface area (Å²) in [5.41, 5.74) is 1.48. The first-order valence-electron chi connectivity index (χ1n) is 14.9. The lowest BCUT2D eigenvalue weighted by Gasteiger charge is -2.28. The SMILES string of the molecule is CCCCN1C(CCC)=NCC1CCCC[N+]1=C(CCC)N(CCCC)C(Cc2ccccc2)C1. The van der Waals surface area contributed by atoms with Crippen LogP contribution in [0, 0.1) is 0 Å². The van der Waals surface area contributed by atoms with Crippen molar-refractivity contribution >= 4 is 11.7 Å². The van der Waals surface area contributed by atoms with Gasteiger partial charge < -0.3 is 4.90 Å². The fourth-order valence-corrected chi connectivity index (χ4v) is 5.92. The average molecular weight is 482 g/mol. The number of unbranched alkanes of at least 4 members (excludes halogenated alkanes) is 3. The van der Waals surface area contributed by atoms with Gasteiger partial charge in [0, 0.05) is 31.8 Å². The van der Waals surface area contributed by atoms with E-state index in [0.29, 0.717) is 12.1 Å². The van der Waals surface area contributed by atoms with E-state index in [0.717, 1.165) is 13.0 Å². The molecular formula is C31H53N4+. The van der Waals surface area contributed by atoms with Crippen LogP contribution in [0.2, 0.25) is 0 Å². The smallest absolute Gasteiger partial charge is 0.247 e. The van der Waals surface area contributed by atoms with Gasteiger partial charge in [-0.15, -0.1) is 0 Å². The molecule has 3 rings (SSSR count). The predicted octanol–water partition coefficient (Wildman–Crippen LogP) is 6.78. The topological polar surface area (TPSA) is 21.9 Å². The Hall–Kier alpha value is -1.84. The van der Waals surface area contributed by atoms with E-state index in [1.54, 1.807) is 5.84 Å². The summed E-state index contributed by atoms with van der Waals surface area (Å²) in [5, 5.41) is 0. The molecule has 2 aliphatic rings. The molecule has 2 heterocycles. The molecule has 4 nitrogen and oxygen atoms in total. The molecule has 1 aromatic carbocycles. The van der Waals surface area contributed by atoms with Gasteiger partial charge in [0.15, 0.2) is 0 Å². The first kappa shape index (κ1) is 27.7. The standard InChI is InChI=1S/C31H53N4/c1-5-9-22-34-28(25-32-30(34)16-7-3)20-14-15-21-33-26-29(24-27-18-12-11-13-19-27)35(23-10-6-2)31(33)17-8-4/h11-13,18-19,28-29H,5-10,14-17,20-26H2,1-4H3/q+1. The molecule has 0 N–H and O–H groups in total.